The van der Waals surface area contributed by atoms with Crippen molar-refractivity contribution in [2.75, 3.05) is 32.2 Å². The van der Waals surface area contributed by atoms with Gasteiger partial charge in [-0.05, 0) is 44.0 Å². The van der Waals surface area contributed by atoms with E-state index in [1.807, 2.05) is 7.05 Å². The van der Waals surface area contributed by atoms with Gasteiger partial charge < -0.3 is 15.0 Å². The van der Waals surface area contributed by atoms with Crippen LogP contribution in [0, 0.1) is 0 Å². The highest BCUT2D eigenvalue weighted by Gasteiger charge is 2.20. The molecule has 4 heteroatoms. The second kappa shape index (κ2) is 7.60. The molecule has 0 aromatic carbocycles. The van der Waals surface area contributed by atoms with Crippen molar-refractivity contribution in [3.63, 3.8) is 0 Å². The van der Waals surface area contributed by atoms with Crippen LogP contribution in [0.2, 0.25) is 0 Å². The fourth-order valence-electron chi connectivity index (χ4n) is 2.76. The van der Waals surface area contributed by atoms with Crippen LogP contribution in [0.25, 0.3) is 0 Å². The zero-order valence-corrected chi connectivity index (χ0v) is 13.0. The van der Waals surface area contributed by atoms with Crippen molar-refractivity contribution < 1.29 is 4.74 Å². The van der Waals surface area contributed by atoms with Gasteiger partial charge in [0.15, 0.2) is 0 Å². The molecule has 2 rings (SSSR count). The van der Waals surface area contributed by atoms with E-state index in [9.17, 15) is 0 Å². The monoisotopic (exact) mass is 277 g/mol. The second-order valence-corrected chi connectivity index (χ2v) is 5.56. The van der Waals surface area contributed by atoms with Crippen molar-refractivity contribution in [2.24, 2.45) is 0 Å². The minimum Gasteiger partial charge on any atom is -0.381 e. The summed E-state index contributed by atoms with van der Waals surface area (Å²) in [7, 11) is 4.15. The van der Waals surface area contributed by atoms with Crippen molar-refractivity contribution in [1.29, 1.82) is 0 Å². The summed E-state index contributed by atoms with van der Waals surface area (Å²) in [5.74, 6) is 1.10. The first kappa shape index (κ1) is 15.3. The first-order valence-corrected chi connectivity index (χ1v) is 7.69. The molecule has 0 aliphatic carbocycles. The first-order chi connectivity index (χ1) is 9.74. The minimum absolute atomic E-state index is 0.551. The number of anilines is 1. The molecule has 2 heterocycles. The number of nitrogens with one attached hydrogen (secondary N) is 1. The van der Waals surface area contributed by atoms with Crippen LogP contribution in [0.1, 0.15) is 37.4 Å². The second-order valence-electron chi connectivity index (χ2n) is 5.56. The predicted molar refractivity (Wildman–Crippen MR) is 83.2 cm³/mol. The molecule has 1 N–H and O–H groups in total. The molecular weight excluding hydrogens is 250 g/mol. The average Bonchev–Trinajstić information content (AvgIpc) is 2.48. The molecule has 1 aromatic rings. The van der Waals surface area contributed by atoms with Crippen molar-refractivity contribution >= 4 is 5.82 Å². The Hall–Kier alpha value is -1.13. The molecule has 1 aliphatic heterocycles. The van der Waals surface area contributed by atoms with Gasteiger partial charge in [-0.2, -0.15) is 0 Å². The number of aromatic nitrogens is 1. The number of rotatable bonds is 6. The molecule has 0 saturated carbocycles. The van der Waals surface area contributed by atoms with Crippen LogP contribution in [0.4, 0.5) is 5.82 Å². The summed E-state index contributed by atoms with van der Waals surface area (Å²) < 4.78 is 5.45. The number of hydrogen-bond donors (Lipinski definition) is 1. The Bertz CT molecular complexity index is 392. The summed E-state index contributed by atoms with van der Waals surface area (Å²) in [6.45, 7) is 4.84. The fraction of sp³-hybridized carbons (Fsp3) is 0.688. The Labute approximate surface area is 122 Å². The van der Waals surface area contributed by atoms with Crippen molar-refractivity contribution in [2.45, 2.75) is 45.2 Å². The zero-order chi connectivity index (χ0) is 14.4. The van der Waals surface area contributed by atoms with Crippen molar-refractivity contribution in [3.8, 4) is 0 Å². The summed E-state index contributed by atoms with van der Waals surface area (Å²) in [4.78, 5) is 7.17. The summed E-state index contributed by atoms with van der Waals surface area (Å²) in [6, 6.07) is 4.99. The van der Waals surface area contributed by atoms with Gasteiger partial charge in [0.1, 0.15) is 5.82 Å². The molecule has 4 nitrogen and oxygen atoms in total. The Kier molecular flexibility index (Phi) is 5.80. The largest absolute Gasteiger partial charge is 0.381 e. The van der Waals surface area contributed by atoms with Gasteiger partial charge in [-0.25, -0.2) is 4.98 Å². The third-order valence-corrected chi connectivity index (χ3v) is 3.91. The topological polar surface area (TPSA) is 37.4 Å². The van der Waals surface area contributed by atoms with Gasteiger partial charge in [0, 0.05) is 38.5 Å². The van der Waals surface area contributed by atoms with Crippen LogP contribution in [0.15, 0.2) is 12.1 Å². The maximum atomic E-state index is 5.45. The van der Waals surface area contributed by atoms with Gasteiger partial charge in [-0.3, -0.25) is 0 Å². The molecule has 0 bridgehead atoms. The van der Waals surface area contributed by atoms with E-state index >= 15 is 0 Å². The van der Waals surface area contributed by atoms with Crippen molar-refractivity contribution in [3.05, 3.63) is 23.4 Å². The molecule has 20 heavy (non-hydrogen) atoms. The van der Waals surface area contributed by atoms with E-state index in [0.717, 1.165) is 51.3 Å². The molecule has 0 spiro atoms. The Morgan fingerprint density at radius 2 is 2.10 bits per heavy atom. The van der Waals surface area contributed by atoms with E-state index in [2.05, 4.69) is 36.3 Å². The summed E-state index contributed by atoms with van der Waals surface area (Å²) in [5, 5.41) is 3.23. The van der Waals surface area contributed by atoms with E-state index in [4.69, 9.17) is 9.72 Å². The maximum Gasteiger partial charge on any atom is 0.129 e. The van der Waals surface area contributed by atoms with Gasteiger partial charge in [-0.15, -0.1) is 0 Å². The SMILES string of the molecule is CCCc1cc(CNC)cc(N(C)C2CCOCC2)n1. The number of aryl methyl sites for hydroxylation is 1. The molecule has 1 fully saturated rings. The van der Waals surface area contributed by atoms with Crippen molar-refractivity contribution in [1.82, 2.24) is 10.3 Å². The fourth-order valence-corrected chi connectivity index (χ4v) is 2.76. The van der Waals surface area contributed by atoms with Gasteiger partial charge in [0.2, 0.25) is 0 Å². The number of hydrogen-bond acceptors (Lipinski definition) is 4. The summed E-state index contributed by atoms with van der Waals surface area (Å²) in [5.41, 5.74) is 2.52. The molecule has 1 aliphatic rings. The number of pyridine rings is 1. The van der Waals surface area contributed by atoms with Gasteiger partial charge in [-0.1, -0.05) is 13.3 Å². The smallest absolute Gasteiger partial charge is 0.129 e. The lowest BCUT2D eigenvalue weighted by Crippen LogP contribution is -2.37. The molecular formula is C16H27N3O. The first-order valence-electron chi connectivity index (χ1n) is 7.69. The summed E-state index contributed by atoms with van der Waals surface area (Å²) in [6.07, 6.45) is 4.37. The maximum absolute atomic E-state index is 5.45. The van der Waals surface area contributed by atoms with E-state index in [1.165, 1.54) is 11.3 Å². The van der Waals surface area contributed by atoms with Gasteiger partial charge >= 0.3 is 0 Å². The Balaban J connectivity index is 2.19. The van der Waals surface area contributed by atoms with Crippen LogP contribution in [-0.4, -0.2) is 38.3 Å². The molecule has 0 atom stereocenters. The van der Waals surface area contributed by atoms with E-state index in [-0.39, 0.29) is 0 Å². The molecule has 0 amide bonds. The van der Waals surface area contributed by atoms with Crippen LogP contribution >= 0.6 is 0 Å². The normalized spacial score (nSPS) is 16.4. The highest BCUT2D eigenvalue weighted by molar-refractivity contribution is 5.43. The van der Waals surface area contributed by atoms with Crippen LogP contribution < -0.4 is 10.2 Å². The standard InChI is InChI=1S/C16H27N3O/c1-4-5-14-10-13(12-17-2)11-16(18-14)19(3)15-6-8-20-9-7-15/h10-11,15,17H,4-9,12H2,1-3H3. The number of nitrogens with zero attached hydrogens (tertiary/aromatic N) is 2. The van der Waals surface area contributed by atoms with E-state index < -0.39 is 0 Å². The number of ether oxygens (including phenoxy) is 1. The average molecular weight is 277 g/mol. The minimum atomic E-state index is 0.551. The predicted octanol–water partition coefficient (Wildman–Crippen LogP) is 2.37. The molecule has 1 saturated heterocycles. The molecule has 0 unspecified atom stereocenters. The lowest BCUT2D eigenvalue weighted by atomic mass is 10.1. The lowest BCUT2D eigenvalue weighted by molar-refractivity contribution is 0.0853. The zero-order valence-electron chi connectivity index (χ0n) is 13.0. The van der Waals surface area contributed by atoms with Gasteiger partial charge in [0.25, 0.3) is 0 Å². The highest BCUT2D eigenvalue weighted by atomic mass is 16.5. The Morgan fingerprint density at radius 1 is 1.35 bits per heavy atom. The van der Waals surface area contributed by atoms with E-state index in [1.54, 1.807) is 0 Å². The van der Waals surface area contributed by atoms with Crippen LogP contribution in [-0.2, 0) is 17.7 Å². The molecule has 0 radical (unpaired) electrons. The molecule has 112 valence electrons. The Morgan fingerprint density at radius 3 is 2.75 bits per heavy atom. The van der Waals surface area contributed by atoms with E-state index in [0.29, 0.717) is 6.04 Å². The molecule has 1 aromatic heterocycles. The third-order valence-electron chi connectivity index (χ3n) is 3.91. The third kappa shape index (κ3) is 3.93. The van der Waals surface area contributed by atoms with Crippen LogP contribution in [0.5, 0.6) is 0 Å². The van der Waals surface area contributed by atoms with Gasteiger partial charge in [0.05, 0.1) is 0 Å². The van der Waals surface area contributed by atoms with Crippen LogP contribution in [0.3, 0.4) is 0 Å². The quantitative estimate of drug-likeness (QED) is 0.866. The highest BCUT2D eigenvalue weighted by Crippen LogP contribution is 2.21. The summed E-state index contributed by atoms with van der Waals surface area (Å²) >= 11 is 0. The lowest BCUT2D eigenvalue weighted by Gasteiger charge is -2.32.